The summed E-state index contributed by atoms with van der Waals surface area (Å²) in [6.45, 7) is -0.439. The van der Waals surface area contributed by atoms with Gasteiger partial charge in [-0.2, -0.15) is 0 Å². The van der Waals surface area contributed by atoms with Gasteiger partial charge in [0.25, 0.3) is 5.91 Å². The summed E-state index contributed by atoms with van der Waals surface area (Å²) in [6.07, 6.45) is 0.465. The number of halogens is 1. The van der Waals surface area contributed by atoms with E-state index in [0.29, 0.717) is 34.3 Å². The van der Waals surface area contributed by atoms with Crippen LogP contribution in [0.15, 0.2) is 42.5 Å². The smallest absolute Gasteiger partial charge is 0.306 e. The largest absolute Gasteiger partial charge is 0.497 e. The predicted molar refractivity (Wildman–Crippen MR) is 113 cm³/mol. The lowest BCUT2D eigenvalue weighted by molar-refractivity contribution is -0.147. The zero-order valence-electron chi connectivity index (χ0n) is 16.7. The Labute approximate surface area is 179 Å². The number of carbonyl (C=O) groups excluding carboxylic acids is 3. The number of amides is 2. The van der Waals surface area contributed by atoms with E-state index in [4.69, 9.17) is 25.8 Å². The highest BCUT2D eigenvalue weighted by atomic mass is 35.5. The van der Waals surface area contributed by atoms with Gasteiger partial charge in [-0.3, -0.25) is 14.4 Å². The summed E-state index contributed by atoms with van der Waals surface area (Å²) in [7, 11) is 2.99. The van der Waals surface area contributed by atoms with Crippen molar-refractivity contribution in [3.63, 3.8) is 0 Å². The molecule has 0 spiro atoms. The van der Waals surface area contributed by atoms with Crippen molar-refractivity contribution in [2.75, 3.05) is 31.5 Å². The van der Waals surface area contributed by atoms with Crippen LogP contribution in [-0.2, 0) is 19.1 Å². The highest BCUT2D eigenvalue weighted by Gasteiger charge is 2.12. The van der Waals surface area contributed by atoms with Crippen LogP contribution in [0.3, 0.4) is 0 Å². The Hall–Kier alpha value is -3.26. The lowest BCUT2D eigenvalue weighted by atomic mass is 10.2. The predicted octanol–water partition coefficient (Wildman–Crippen LogP) is 3.65. The number of methoxy groups -OCH3 is 2. The fourth-order valence-electron chi connectivity index (χ4n) is 2.46. The Bertz CT molecular complexity index is 886. The fraction of sp³-hybridized carbons (Fsp3) is 0.286. The Kier molecular flexibility index (Phi) is 8.96. The third-order valence-corrected chi connectivity index (χ3v) is 4.21. The lowest BCUT2D eigenvalue weighted by Crippen LogP contribution is -2.21. The molecule has 9 heteroatoms. The number of hydrogen-bond donors (Lipinski definition) is 2. The minimum Gasteiger partial charge on any atom is -0.497 e. The van der Waals surface area contributed by atoms with E-state index in [1.807, 2.05) is 0 Å². The molecular formula is C21H23ClN2O6. The molecule has 0 heterocycles. The van der Waals surface area contributed by atoms with Crippen LogP contribution in [-0.4, -0.2) is 38.6 Å². The van der Waals surface area contributed by atoms with Gasteiger partial charge in [0, 0.05) is 29.6 Å². The van der Waals surface area contributed by atoms with Crippen LogP contribution in [0, 0.1) is 0 Å². The van der Waals surface area contributed by atoms with Crippen LogP contribution in [0.5, 0.6) is 11.5 Å². The molecule has 0 aliphatic carbocycles. The van der Waals surface area contributed by atoms with E-state index in [9.17, 15) is 14.4 Å². The van der Waals surface area contributed by atoms with E-state index in [1.54, 1.807) is 42.5 Å². The molecule has 2 rings (SSSR count). The van der Waals surface area contributed by atoms with Crippen molar-refractivity contribution in [1.82, 2.24) is 0 Å². The third kappa shape index (κ3) is 7.63. The SMILES string of the molecule is COc1ccc(NC(=O)COC(=O)CCCC(=O)Nc2ccc(Cl)cc2)c(OC)c1. The number of esters is 1. The molecule has 0 aromatic heterocycles. The number of rotatable bonds is 10. The first-order chi connectivity index (χ1) is 14.4. The van der Waals surface area contributed by atoms with Gasteiger partial charge in [0.15, 0.2) is 6.61 Å². The molecule has 2 amide bonds. The minimum absolute atomic E-state index is 0.0210. The van der Waals surface area contributed by atoms with Gasteiger partial charge in [-0.1, -0.05) is 11.6 Å². The summed E-state index contributed by atoms with van der Waals surface area (Å²) in [5, 5.41) is 5.88. The van der Waals surface area contributed by atoms with Gasteiger partial charge in [0.05, 0.1) is 19.9 Å². The van der Waals surface area contributed by atoms with Crippen molar-refractivity contribution < 1.29 is 28.6 Å². The molecule has 0 saturated carbocycles. The van der Waals surface area contributed by atoms with E-state index >= 15 is 0 Å². The molecular weight excluding hydrogens is 412 g/mol. The van der Waals surface area contributed by atoms with E-state index in [2.05, 4.69) is 10.6 Å². The highest BCUT2D eigenvalue weighted by Crippen LogP contribution is 2.28. The second kappa shape index (κ2) is 11.7. The zero-order valence-corrected chi connectivity index (χ0v) is 17.5. The van der Waals surface area contributed by atoms with E-state index < -0.39 is 18.5 Å². The Morgan fingerprint density at radius 2 is 1.63 bits per heavy atom. The Morgan fingerprint density at radius 3 is 2.30 bits per heavy atom. The molecule has 0 aliphatic heterocycles. The lowest BCUT2D eigenvalue weighted by Gasteiger charge is -2.11. The molecule has 2 aromatic carbocycles. The summed E-state index contributed by atoms with van der Waals surface area (Å²) in [6, 6.07) is 11.6. The van der Waals surface area contributed by atoms with E-state index in [-0.39, 0.29) is 18.7 Å². The van der Waals surface area contributed by atoms with Gasteiger partial charge in [-0.05, 0) is 42.8 Å². The summed E-state index contributed by atoms with van der Waals surface area (Å²) >= 11 is 5.79. The summed E-state index contributed by atoms with van der Waals surface area (Å²) in [4.78, 5) is 35.7. The van der Waals surface area contributed by atoms with Gasteiger partial charge < -0.3 is 24.8 Å². The van der Waals surface area contributed by atoms with Gasteiger partial charge in [-0.15, -0.1) is 0 Å². The maximum absolute atomic E-state index is 12.0. The average molecular weight is 435 g/mol. The Morgan fingerprint density at radius 1 is 0.900 bits per heavy atom. The third-order valence-electron chi connectivity index (χ3n) is 3.96. The number of hydrogen-bond acceptors (Lipinski definition) is 6. The molecule has 0 atom stereocenters. The number of anilines is 2. The fourth-order valence-corrected chi connectivity index (χ4v) is 2.58. The highest BCUT2D eigenvalue weighted by molar-refractivity contribution is 6.30. The molecule has 2 aromatic rings. The Balaban J connectivity index is 1.68. The number of carbonyl (C=O) groups is 3. The monoisotopic (exact) mass is 434 g/mol. The number of ether oxygens (including phenoxy) is 3. The molecule has 0 aliphatic rings. The normalized spacial score (nSPS) is 10.1. The van der Waals surface area contributed by atoms with Gasteiger partial charge >= 0.3 is 5.97 Å². The van der Waals surface area contributed by atoms with Gasteiger partial charge in [-0.25, -0.2) is 0 Å². The summed E-state index contributed by atoms with van der Waals surface area (Å²) in [5.74, 6) is -0.301. The molecule has 0 unspecified atom stereocenters. The molecule has 0 fully saturated rings. The standard InChI is InChI=1S/C21H23ClN2O6/c1-28-16-10-11-17(18(12-16)29-2)24-20(26)13-30-21(27)5-3-4-19(25)23-15-8-6-14(22)7-9-15/h6-12H,3-5,13H2,1-2H3,(H,23,25)(H,24,26). The molecule has 8 nitrogen and oxygen atoms in total. The van der Waals surface area contributed by atoms with Crippen molar-refractivity contribution in [2.45, 2.75) is 19.3 Å². The summed E-state index contributed by atoms with van der Waals surface area (Å²) in [5.41, 5.74) is 1.05. The van der Waals surface area contributed by atoms with Crippen LogP contribution >= 0.6 is 11.6 Å². The molecule has 0 saturated heterocycles. The number of benzene rings is 2. The topological polar surface area (TPSA) is 103 Å². The van der Waals surface area contributed by atoms with Crippen molar-refractivity contribution in [1.29, 1.82) is 0 Å². The molecule has 30 heavy (non-hydrogen) atoms. The summed E-state index contributed by atoms with van der Waals surface area (Å²) < 4.78 is 15.2. The first-order valence-electron chi connectivity index (χ1n) is 9.14. The van der Waals surface area contributed by atoms with Crippen molar-refractivity contribution >= 4 is 40.8 Å². The maximum atomic E-state index is 12.0. The van der Waals surface area contributed by atoms with E-state index in [1.165, 1.54) is 14.2 Å². The van der Waals surface area contributed by atoms with Crippen LogP contribution in [0.2, 0.25) is 5.02 Å². The molecule has 0 bridgehead atoms. The first kappa shape index (κ1) is 23.0. The molecule has 2 N–H and O–H groups in total. The quantitative estimate of drug-likeness (QED) is 0.553. The zero-order chi connectivity index (χ0) is 21.9. The van der Waals surface area contributed by atoms with Crippen LogP contribution in [0.4, 0.5) is 11.4 Å². The van der Waals surface area contributed by atoms with Crippen LogP contribution < -0.4 is 20.1 Å². The van der Waals surface area contributed by atoms with Gasteiger partial charge in [0.2, 0.25) is 5.91 Å². The maximum Gasteiger partial charge on any atom is 0.306 e. The number of nitrogens with one attached hydrogen (secondary N) is 2. The van der Waals surface area contributed by atoms with Crippen LogP contribution in [0.25, 0.3) is 0 Å². The van der Waals surface area contributed by atoms with Crippen molar-refractivity contribution in [3.8, 4) is 11.5 Å². The second-order valence-corrected chi connectivity index (χ2v) is 6.62. The second-order valence-electron chi connectivity index (χ2n) is 6.18. The van der Waals surface area contributed by atoms with Crippen molar-refractivity contribution in [3.05, 3.63) is 47.5 Å². The molecule has 0 radical (unpaired) electrons. The van der Waals surface area contributed by atoms with Crippen molar-refractivity contribution in [2.24, 2.45) is 0 Å². The average Bonchev–Trinajstić information content (AvgIpc) is 2.74. The first-order valence-corrected chi connectivity index (χ1v) is 9.52. The minimum atomic E-state index is -0.564. The molecule has 160 valence electrons. The van der Waals surface area contributed by atoms with E-state index in [0.717, 1.165) is 0 Å². The van der Waals surface area contributed by atoms with Crippen LogP contribution in [0.1, 0.15) is 19.3 Å². The van der Waals surface area contributed by atoms with Gasteiger partial charge in [0.1, 0.15) is 11.5 Å².